The molecule has 8 nitrogen and oxygen atoms in total. The van der Waals surface area contributed by atoms with E-state index in [0.717, 1.165) is 10.5 Å². The second-order valence-corrected chi connectivity index (χ2v) is 7.64. The number of nitro groups is 1. The molecule has 1 heterocycles. The van der Waals surface area contributed by atoms with Gasteiger partial charge in [-0.1, -0.05) is 42.5 Å². The zero-order valence-corrected chi connectivity index (χ0v) is 18.8. The maximum atomic E-state index is 13.8. The van der Waals surface area contributed by atoms with Crippen molar-refractivity contribution in [3.8, 4) is 5.75 Å². The van der Waals surface area contributed by atoms with E-state index in [9.17, 15) is 19.7 Å². The Balaban J connectivity index is 1.85. The van der Waals surface area contributed by atoms with E-state index in [1.165, 1.54) is 31.4 Å². The SMILES string of the molecule is CCN(Cc1ccccc1)C1=C(c2ccc([N+](=O)[O-])cc2)C(=O)N(c2ccccc2OC)C1=O. The monoisotopic (exact) mass is 457 g/mol. The molecule has 0 aromatic heterocycles. The van der Waals surface area contributed by atoms with Gasteiger partial charge in [0.05, 0.1) is 23.3 Å². The van der Waals surface area contributed by atoms with Crippen molar-refractivity contribution in [2.24, 2.45) is 0 Å². The summed E-state index contributed by atoms with van der Waals surface area (Å²) < 4.78 is 5.40. The molecular weight excluding hydrogens is 434 g/mol. The van der Waals surface area contributed by atoms with E-state index in [-0.39, 0.29) is 17.0 Å². The van der Waals surface area contributed by atoms with Crippen molar-refractivity contribution in [1.29, 1.82) is 0 Å². The predicted octanol–water partition coefficient (Wildman–Crippen LogP) is 4.41. The van der Waals surface area contributed by atoms with Gasteiger partial charge in [0, 0.05) is 25.2 Å². The van der Waals surface area contributed by atoms with Gasteiger partial charge in [-0.05, 0) is 42.3 Å². The summed E-state index contributed by atoms with van der Waals surface area (Å²) in [5.41, 5.74) is 2.10. The molecule has 0 N–H and O–H groups in total. The summed E-state index contributed by atoms with van der Waals surface area (Å²) >= 11 is 0. The molecule has 1 aliphatic heterocycles. The number of hydrogen-bond donors (Lipinski definition) is 0. The second kappa shape index (κ2) is 9.58. The van der Waals surface area contributed by atoms with E-state index in [2.05, 4.69) is 0 Å². The summed E-state index contributed by atoms with van der Waals surface area (Å²) in [6.07, 6.45) is 0. The number of benzene rings is 3. The lowest BCUT2D eigenvalue weighted by Crippen LogP contribution is -2.35. The zero-order chi connectivity index (χ0) is 24.2. The average molecular weight is 457 g/mol. The topological polar surface area (TPSA) is 93.0 Å². The molecular formula is C26H23N3O5. The van der Waals surface area contributed by atoms with E-state index < -0.39 is 16.7 Å². The highest BCUT2D eigenvalue weighted by Gasteiger charge is 2.43. The molecule has 34 heavy (non-hydrogen) atoms. The largest absolute Gasteiger partial charge is 0.495 e. The van der Waals surface area contributed by atoms with Crippen molar-refractivity contribution in [2.75, 3.05) is 18.6 Å². The number of nitro benzene ring substituents is 1. The Morgan fingerprint density at radius 3 is 2.18 bits per heavy atom. The van der Waals surface area contributed by atoms with Gasteiger partial charge < -0.3 is 9.64 Å². The first-order valence-corrected chi connectivity index (χ1v) is 10.8. The van der Waals surface area contributed by atoms with Crippen LogP contribution in [0.4, 0.5) is 11.4 Å². The summed E-state index contributed by atoms with van der Waals surface area (Å²) in [6, 6.07) is 22.1. The Morgan fingerprint density at radius 1 is 0.912 bits per heavy atom. The van der Waals surface area contributed by atoms with E-state index in [1.54, 1.807) is 24.3 Å². The molecule has 0 fully saturated rings. The van der Waals surface area contributed by atoms with Crippen molar-refractivity contribution in [2.45, 2.75) is 13.5 Å². The highest BCUT2D eigenvalue weighted by molar-refractivity contribution is 6.45. The van der Waals surface area contributed by atoms with Crippen molar-refractivity contribution < 1.29 is 19.2 Å². The minimum atomic E-state index is -0.509. The molecule has 0 bridgehead atoms. The van der Waals surface area contributed by atoms with Gasteiger partial charge in [0.1, 0.15) is 11.4 Å². The Labute approximate surface area is 196 Å². The van der Waals surface area contributed by atoms with E-state index in [1.807, 2.05) is 42.2 Å². The normalized spacial score (nSPS) is 13.4. The third kappa shape index (κ3) is 4.13. The van der Waals surface area contributed by atoms with Crippen LogP contribution in [0.3, 0.4) is 0 Å². The number of imide groups is 1. The number of hydrogen-bond acceptors (Lipinski definition) is 6. The standard InChI is InChI=1S/C26H23N3O5/c1-3-27(17-18-9-5-4-6-10-18)24-23(19-13-15-20(16-14-19)29(32)33)25(30)28(26(24)31)21-11-7-8-12-22(21)34-2/h4-16H,3,17H2,1-2H3. The van der Waals surface area contributed by atoms with Crippen molar-refractivity contribution in [1.82, 2.24) is 4.90 Å². The van der Waals surface area contributed by atoms with Crippen molar-refractivity contribution in [3.63, 3.8) is 0 Å². The molecule has 3 aromatic rings. The summed E-state index contributed by atoms with van der Waals surface area (Å²) in [7, 11) is 1.48. The molecule has 172 valence electrons. The number of non-ortho nitro benzene ring substituents is 1. The Morgan fingerprint density at radius 2 is 1.56 bits per heavy atom. The number of nitrogens with zero attached hydrogens (tertiary/aromatic N) is 3. The number of carbonyl (C=O) groups excluding carboxylic acids is 2. The predicted molar refractivity (Wildman–Crippen MR) is 128 cm³/mol. The van der Waals surface area contributed by atoms with Crippen LogP contribution in [0.25, 0.3) is 5.57 Å². The molecule has 0 spiro atoms. The molecule has 8 heteroatoms. The number of carbonyl (C=O) groups is 2. The van der Waals surface area contributed by atoms with Crippen molar-refractivity contribution >= 4 is 28.8 Å². The summed E-state index contributed by atoms with van der Waals surface area (Å²) in [5.74, 6) is -0.592. The highest BCUT2D eigenvalue weighted by atomic mass is 16.6. The fourth-order valence-corrected chi connectivity index (χ4v) is 4.01. The molecule has 1 aliphatic rings. The van der Waals surface area contributed by atoms with Gasteiger partial charge in [-0.15, -0.1) is 0 Å². The first kappa shape index (κ1) is 22.7. The number of ether oxygens (including phenoxy) is 1. The summed E-state index contributed by atoms with van der Waals surface area (Å²) in [4.78, 5) is 41.1. The second-order valence-electron chi connectivity index (χ2n) is 7.64. The molecule has 2 amide bonds. The Bertz CT molecular complexity index is 1270. The minimum Gasteiger partial charge on any atom is -0.495 e. The van der Waals surface area contributed by atoms with Gasteiger partial charge in [0.25, 0.3) is 17.5 Å². The number of methoxy groups -OCH3 is 1. The van der Waals surface area contributed by atoms with Gasteiger partial charge in [0.15, 0.2) is 0 Å². The number of anilines is 1. The van der Waals surface area contributed by atoms with Crippen LogP contribution >= 0.6 is 0 Å². The Kier molecular flexibility index (Phi) is 6.40. The maximum Gasteiger partial charge on any atom is 0.282 e. The lowest BCUT2D eigenvalue weighted by atomic mass is 10.0. The minimum absolute atomic E-state index is 0.0964. The lowest BCUT2D eigenvalue weighted by molar-refractivity contribution is -0.384. The first-order chi connectivity index (χ1) is 16.5. The highest BCUT2D eigenvalue weighted by Crippen LogP contribution is 2.39. The van der Waals surface area contributed by atoms with Gasteiger partial charge in [0.2, 0.25) is 0 Å². The van der Waals surface area contributed by atoms with Gasteiger partial charge in [-0.3, -0.25) is 19.7 Å². The van der Waals surface area contributed by atoms with Gasteiger partial charge in [-0.25, -0.2) is 4.90 Å². The first-order valence-electron chi connectivity index (χ1n) is 10.8. The average Bonchev–Trinajstić information content (AvgIpc) is 3.12. The quantitative estimate of drug-likeness (QED) is 0.283. The molecule has 3 aromatic carbocycles. The molecule has 0 radical (unpaired) electrons. The molecule has 0 unspecified atom stereocenters. The molecule has 0 aliphatic carbocycles. The molecule has 0 atom stereocenters. The fourth-order valence-electron chi connectivity index (χ4n) is 4.01. The third-order valence-corrected chi connectivity index (χ3v) is 5.67. The van der Waals surface area contributed by atoms with Crippen LogP contribution < -0.4 is 9.64 Å². The van der Waals surface area contributed by atoms with Crippen LogP contribution in [0.5, 0.6) is 5.75 Å². The zero-order valence-electron chi connectivity index (χ0n) is 18.8. The maximum absolute atomic E-state index is 13.8. The number of amides is 2. The van der Waals surface area contributed by atoms with Crippen LogP contribution in [-0.2, 0) is 16.1 Å². The molecule has 4 rings (SSSR count). The van der Waals surface area contributed by atoms with Crippen LogP contribution in [0.2, 0.25) is 0 Å². The lowest BCUT2D eigenvalue weighted by Gasteiger charge is -2.25. The van der Waals surface area contributed by atoms with E-state index >= 15 is 0 Å². The van der Waals surface area contributed by atoms with E-state index in [4.69, 9.17) is 4.74 Å². The van der Waals surface area contributed by atoms with Crippen molar-refractivity contribution in [3.05, 3.63) is 106 Å². The number of rotatable bonds is 8. The summed E-state index contributed by atoms with van der Waals surface area (Å²) in [6.45, 7) is 2.80. The number of para-hydroxylation sites is 2. The smallest absolute Gasteiger partial charge is 0.282 e. The van der Waals surface area contributed by atoms with Crippen LogP contribution in [0.1, 0.15) is 18.1 Å². The van der Waals surface area contributed by atoms with Gasteiger partial charge >= 0.3 is 0 Å². The molecule has 0 saturated carbocycles. The van der Waals surface area contributed by atoms with Gasteiger partial charge in [-0.2, -0.15) is 0 Å². The van der Waals surface area contributed by atoms with Crippen LogP contribution in [0.15, 0.2) is 84.6 Å². The Hall–Kier alpha value is -4.46. The van der Waals surface area contributed by atoms with E-state index in [0.29, 0.717) is 30.1 Å². The molecule has 0 saturated heterocycles. The third-order valence-electron chi connectivity index (χ3n) is 5.67. The van der Waals surface area contributed by atoms with Crippen LogP contribution in [0, 0.1) is 10.1 Å². The number of likely N-dealkylation sites (N-methyl/N-ethyl adjacent to an activating group) is 1. The van der Waals surface area contributed by atoms with Crippen LogP contribution in [-0.4, -0.2) is 35.3 Å². The fraction of sp³-hybridized carbons (Fsp3) is 0.154. The summed E-state index contributed by atoms with van der Waals surface area (Å²) in [5, 5.41) is 11.1.